The van der Waals surface area contributed by atoms with Gasteiger partial charge in [-0.25, -0.2) is 9.97 Å². The van der Waals surface area contributed by atoms with Crippen LogP contribution in [0.15, 0.2) is 12.4 Å². The third-order valence-corrected chi connectivity index (χ3v) is 3.68. The van der Waals surface area contributed by atoms with Gasteiger partial charge in [0.2, 0.25) is 0 Å². The molecule has 2 N–H and O–H groups in total. The van der Waals surface area contributed by atoms with Crippen LogP contribution in [-0.2, 0) is 0 Å². The van der Waals surface area contributed by atoms with E-state index in [0.717, 1.165) is 44.4 Å². The molecule has 1 aliphatic rings. The molecule has 0 aliphatic carbocycles. The Kier molecular flexibility index (Phi) is 4.93. The molecule has 2 rings (SSSR count). The minimum Gasteiger partial charge on any atom is -0.368 e. The molecular formula is C13H24N6. The molecule has 1 saturated heterocycles. The average Bonchev–Trinajstić information content (AvgIpc) is 2.46. The molecule has 6 heteroatoms. The van der Waals surface area contributed by atoms with Crippen LogP contribution >= 0.6 is 0 Å². The van der Waals surface area contributed by atoms with E-state index in [1.54, 1.807) is 6.33 Å². The lowest BCUT2D eigenvalue weighted by Gasteiger charge is -2.33. The SMILES string of the molecule is CCN(C)c1cc(NCC2CNCCN2C)ncn1. The van der Waals surface area contributed by atoms with Gasteiger partial charge in [-0.05, 0) is 14.0 Å². The number of hydrogen-bond donors (Lipinski definition) is 2. The summed E-state index contributed by atoms with van der Waals surface area (Å²) < 4.78 is 0. The van der Waals surface area contributed by atoms with Crippen LogP contribution < -0.4 is 15.5 Å². The molecule has 0 aromatic carbocycles. The maximum absolute atomic E-state index is 4.28. The maximum Gasteiger partial charge on any atom is 0.133 e. The van der Waals surface area contributed by atoms with Crippen molar-refractivity contribution in [1.29, 1.82) is 0 Å². The van der Waals surface area contributed by atoms with Crippen molar-refractivity contribution >= 4 is 11.6 Å². The Morgan fingerprint density at radius 2 is 2.37 bits per heavy atom. The van der Waals surface area contributed by atoms with Crippen molar-refractivity contribution in [3.63, 3.8) is 0 Å². The van der Waals surface area contributed by atoms with E-state index in [4.69, 9.17) is 0 Å². The molecule has 0 amide bonds. The number of rotatable bonds is 5. The van der Waals surface area contributed by atoms with Crippen LogP contribution in [0.5, 0.6) is 0 Å². The molecular weight excluding hydrogens is 240 g/mol. The molecule has 1 aliphatic heterocycles. The summed E-state index contributed by atoms with van der Waals surface area (Å²) >= 11 is 0. The highest BCUT2D eigenvalue weighted by atomic mass is 15.2. The van der Waals surface area contributed by atoms with E-state index in [1.165, 1.54) is 0 Å². The summed E-state index contributed by atoms with van der Waals surface area (Å²) in [7, 11) is 4.20. The lowest BCUT2D eigenvalue weighted by atomic mass is 10.2. The fraction of sp³-hybridized carbons (Fsp3) is 0.692. The van der Waals surface area contributed by atoms with Gasteiger partial charge < -0.3 is 15.5 Å². The number of nitrogens with one attached hydrogen (secondary N) is 2. The van der Waals surface area contributed by atoms with Gasteiger partial charge in [-0.15, -0.1) is 0 Å². The van der Waals surface area contributed by atoms with Crippen molar-refractivity contribution in [2.75, 3.05) is 57.0 Å². The van der Waals surface area contributed by atoms with Gasteiger partial charge in [0.1, 0.15) is 18.0 Å². The Bertz CT molecular complexity index is 396. The summed E-state index contributed by atoms with van der Waals surface area (Å²) in [4.78, 5) is 13.0. The molecule has 19 heavy (non-hydrogen) atoms. The molecule has 0 radical (unpaired) electrons. The highest BCUT2D eigenvalue weighted by Gasteiger charge is 2.18. The van der Waals surface area contributed by atoms with E-state index < -0.39 is 0 Å². The van der Waals surface area contributed by atoms with Gasteiger partial charge in [0, 0.05) is 51.9 Å². The first-order chi connectivity index (χ1) is 9.20. The molecule has 1 aromatic rings. The number of nitrogens with zero attached hydrogens (tertiary/aromatic N) is 4. The Hall–Kier alpha value is -1.40. The average molecular weight is 264 g/mol. The Balaban J connectivity index is 1.91. The summed E-state index contributed by atoms with van der Waals surface area (Å²) in [6.07, 6.45) is 1.62. The van der Waals surface area contributed by atoms with Crippen molar-refractivity contribution in [2.24, 2.45) is 0 Å². The first-order valence-electron chi connectivity index (χ1n) is 6.88. The zero-order valence-corrected chi connectivity index (χ0v) is 12.1. The van der Waals surface area contributed by atoms with Gasteiger partial charge in [-0.2, -0.15) is 0 Å². The van der Waals surface area contributed by atoms with Gasteiger partial charge in [-0.1, -0.05) is 0 Å². The topological polar surface area (TPSA) is 56.3 Å². The van der Waals surface area contributed by atoms with E-state index in [9.17, 15) is 0 Å². The standard InChI is InChI=1S/C13H24N6/c1-4-18(2)13-7-12(16-10-17-13)15-9-11-8-14-5-6-19(11)3/h7,10-11,14H,4-6,8-9H2,1-3H3,(H,15,16,17). The minimum atomic E-state index is 0.510. The molecule has 0 bridgehead atoms. The van der Waals surface area contributed by atoms with Gasteiger partial charge in [0.15, 0.2) is 0 Å². The first kappa shape index (κ1) is 14.0. The lowest BCUT2D eigenvalue weighted by Crippen LogP contribution is -2.52. The summed E-state index contributed by atoms with van der Waals surface area (Å²) in [5, 5.41) is 6.82. The number of likely N-dealkylation sites (N-methyl/N-ethyl adjacent to an activating group) is 1. The number of aromatic nitrogens is 2. The van der Waals surface area contributed by atoms with Crippen LogP contribution in [0.2, 0.25) is 0 Å². The first-order valence-corrected chi connectivity index (χ1v) is 6.88. The largest absolute Gasteiger partial charge is 0.368 e. The van der Waals surface area contributed by atoms with Crippen LogP contribution in [0, 0.1) is 0 Å². The van der Waals surface area contributed by atoms with Crippen LogP contribution in [0.3, 0.4) is 0 Å². The van der Waals surface area contributed by atoms with E-state index in [0.29, 0.717) is 6.04 Å². The molecule has 1 atom stereocenters. The maximum atomic E-state index is 4.28. The monoisotopic (exact) mass is 264 g/mol. The molecule has 6 nitrogen and oxygen atoms in total. The highest BCUT2D eigenvalue weighted by molar-refractivity contribution is 5.47. The van der Waals surface area contributed by atoms with Crippen molar-refractivity contribution < 1.29 is 0 Å². The van der Waals surface area contributed by atoms with Crippen molar-refractivity contribution in [3.05, 3.63) is 12.4 Å². The molecule has 0 spiro atoms. The van der Waals surface area contributed by atoms with Gasteiger partial charge in [0.25, 0.3) is 0 Å². The molecule has 1 aromatic heterocycles. The molecule has 106 valence electrons. The van der Waals surface area contributed by atoms with Gasteiger partial charge in [-0.3, -0.25) is 4.90 Å². The van der Waals surface area contributed by atoms with Gasteiger partial charge in [0.05, 0.1) is 0 Å². The third kappa shape index (κ3) is 3.78. The van der Waals surface area contributed by atoms with Crippen LogP contribution in [0.25, 0.3) is 0 Å². The molecule has 0 saturated carbocycles. The van der Waals surface area contributed by atoms with Gasteiger partial charge >= 0.3 is 0 Å². The second-order valence-electron chi connectivity index (χ2n) is 5.00. The van der Waals surface area contributed by atoms with E-state index in [2.05, 4.69) is 44.4 Å². The predicted molar refractivity (Wildman–Crippen MR) is 78.8 cm³/mol. The lowest BCUT2D eigenvalue weighted by molar-refractivity contribution is 0.209. The van der Waals surface area contributed by atoms with Crippen molar-refractivity contribution in [2.45, 2.75) is 13.0 Å². The second kappa shape index (κ2) is 6.68. The van der Waals surface area contributed by atoms with E-state index >= 15 is 0 Å². The molecule has 2 heterocycles. The predicted octanol–water partition coefficient (Wildman–Crippen LogP) is 0.248. The van der Waals surface area contributed by atoms with Crippen LogP contribution in [-0.4, -0.2) is 67.7 Å². The quantitative estimate of drug-likeness (QED) is 0.795. The van der Waals surface area contributed by atoms with Crippen molar-refractivity contribution in [1.82, 2.24) is 20.2 Å². The summed E-state index contributed by atoms with van der Waals surface area (Å²) in [5.74, 6) is 1.85. The Labute approximate surface area is 115 Å². The number of hydrogen-bond acceptors (Lipinski definition) is 6. The number of anilines is 2. The second-order valence-corrected chi connectivity index (χ2v) is 5.00. The van der Waals surface area contributed by atoms with Crippen molar-refractivity contribution in [3.8, 4) is 0 Å². The fourth-order valence-electron chi connectivity index (χ4n) is 2.13. The molecule has 1 unspecified atom stereocenters. The van der Waals surface area contributed by atoms with E-state index in [1.807, 2.05) is 13.1 Å². The highest BCUT2D eigenvalue weighted by Crippen LogP contribution is 2.12. The fourth-order valence-corrected chi connectivity index (χ4v) is 2.13. The molecule has 1 fully saturated rings. The number of piperazine rings is 1. The normalized spacial score (nSPS) is 20.3. The smallest absolute Gasteiger partial charge is 0.133 e. The summed E-state index contributed by atoms with van der Waals surface area (Å²) in [6.45, 7) is 7.14. The third-order valence-electron chi connectivity index (χ3n) is 3.68. The Morgan fingerprint density at radius 3 is 3.11 bits per heavy atom. The minimum absolute atomic E-state index is 0.510. The van der Waals surface area contributed by atoms with Crippen LogP contribution in [0.4, 0.5) is 11.6 Å². The van der Waals surface area contributed by atoms with Crippen LogP contribution in [0.1, 0.15) is 6.92 Å². The zero-order valence-electron chi connectivity index (χ0n) is 12.1. The Morgan fingerprint density at radius 1 is 1.53 bits per heavy atom. The van der Waals surface area contributed by atoms with E-state index in [-0.39, 0.29) is 0 Å². The zero-order chi connectivity index (χ0) is 13.7. The summed E-state index contributed by atoms with van der Waals surface area (Å²) in [6, 6.07) is 2.51. The summed E-state index contributed by atoms with van der Waals surface area (Å²) in [5.41, 5.74) is 0.